The van der Waals surface area contributed by atoms with Crippen molar-refractivity contribution in [1.82, 2.24) is 0 Å². The van der Waals surface area contributed by atoms with E-state index >= 15 is 0 Å². The van der Waals surface area contributed by atoms with Gasteiger partial charge in [-0.1, -0.05) is 61.5 Å². The Hall–Kier alpha value is -3.93. The summed E-state index contributed by atoms with van der Waals surface area (Å²) in [6, 6.07) is 21.4. The van der Waals surface area contributed by atoms with Crippen LogP contribution in [0, 0.1) is 26.2 Å². The number of hydrogen-bond acceptors (Lipinski definition) is 6. The Balaban J connectivity index is 1.78. The van der Waals surface area contributed by atoms with Gasteiger partial charge < -0.3 is 14.2 Å². The van der Waals surface area contributed by atoms with E-state index in [1.165, 1.54) is 0 Å². The summed E-state index contributed by atoms with van der Waals surface area (Å²) in [4.78, 5) is 38.4. The first kappa shape index (κ1) is 26.7. The molecule has 0 radical (unpaired) electrons. The second-order valence-electron chi connectivity index (χ2n) is 9.03. The molecule has 3 aromatic rings. The van der Waals surface area contributed by atoms with Crippen molar-refractivity contribution in [2.24, 2.45) is 5.41 Å². The van der Waals surface area contributed by atoms with Crippen LogP contribution in [0.3, 0.4) is 0 Å². The van der Waals surface area contributed by atoms with Crippen LogP contribution in [-0.4, -0.2) is 37.7 Å². The highest BCUT2D eigenvalue weighted by Crippen LogP contribution is 2.27. The molecule has 3 aromatic carbocycles. The summed E-state index contributed by atoms with van der Waals surface area (Å²) in [5, 5.41) is 0. The standard InChI is InChI=1S/C30H32O6/c1-5-30(18-34-27(31)24-15-9-6-12-21(24)2,19-35-28(32)25-16-10-7-13-22(25)3)20-36-29(33)26-17-11-8-14-23(26)4/h6-17H,5,18-20H2,1-4H3. The number of ether oxygens (including phenoxy) is 3. The highest BCUT2D eigenvalue weighted by Gasteiger charge is 2.35. The third-order valence-corrected chi connectivity index (χ3v) is 6.37. The predicted molar refractivity (Wildman–Crippen MR) is 137 cm³/mol. The summed E-state index contributed by atoms with van der Waals surface area (Å²) in [6.45, 7) is 7.12. The summed E-state index contributed by atoms with van der Waals surface area (Å²) in [6.07, 6.45) is 0.441. The van der Waals surface area contributed by atoms with Gasteiger partial charge in [0, 0.05) is 0 Å². The molecule has 0 N–H and O–H groups in total. The molecule has 0 bridgehead atoms. The van der Waals surface area contributed by atoms with Crippen LogP contribution in [0.2, 0.25) is 0 Å². The maximum atomic E-state index is 12.8. The highest BCUT2D eigenvalue weighted by atomic mass is 16.6. The Bertz CT molecular complexity index is 1080. The van der Waals surface area contributed by atoms with Gasteiger partial charge in [0.1, 0.15) is 19.8 Å². The van der Waals surface area contributed by atoms with Crippen LogP contribution in [0.1, 0.15) is 61.1 Å². The van der Waals surface area contributed by atoms with E-state index in [1.54, 1.807) is 36.4 Å². The molecule has 0 saturated heterocycles. The molecule has 0 aromatic heterocycles. The number of esters is 3. The van der Waals surface area contributed by atoms with Gasteiger partial charge >= 0.3 is 17.9 Å². The van der Waals surface area contributed by atoms with E-state index in [2.05, 4.69) is 0 Å². The lowest BCUT2D eigenvalue weighted by atomic mass is 9.87. The van der Waals surface area contributed by atoms with Crippen molar-refractivity contribution in [3.05, 3.63) is 106 Å². The van der Waals surface area contributed by atoms with Gasteiger partial charge in [0.05, 0.1) is 22.1 Å². The van der Waals surface area contributed by atoms with E-state index in [9.17, 15) is 14.4 Å². The molecule has 0 aliphatic rings. The molecule has 6 heteroatoms. The van der Waals surface area contributed by atoms with E-state index in [0.29, 0.717) is 23.1 Å². The minimum Gasteiger partial charge on any atom is -0.461 e. The summed E-state index contributed by atoms with van der Waals surface area (Å²) in [5.41, 5.74) is 2.82. The number of carbonyl (C=O) groups excluding carboxylic acids is 3. The lowest BCUT2D eigenvalue weighted by Crippen LogP contribution is -2.39. The monoisotopic (exact) mass is 488 g/mol. The topological polar surface area (TPSA) is 78.9 Å². The van der Waals surface area contributed by atoms with Crippen molar-refractivity contribution >= 4 is 17.9 Å². The van der Waals surface area contributed by atoms with Crippen molar-refractivity contribution in [3.63, 3.8) is 0 Å². The van der Waals surface area contributed by atoms with Gasteiger partial charge in [-0.3, -0.25) is 0 Å². The number of rotatable bonds is 10. The minimum absolute atomic E-state index is 0.0846. The molecule has 3 rings (SSSR count). The van der Waals surface area contributed by atoms with Crippen molar-refractivity contribution < 1.29 is 28.6 Å². The van der Waals surface area contributed by atoms with E-state index in [1.807, 2.05) is 64.1 Å². The van der Waals surface area contributed by atoms with Gasteiger partial charge in [-0.05, 0) is 62.1 Å². The van der Waals surface area contributed by atoms with Crippen LogP contribution in [0.4, 0.5) is 0 Å². The van der Waals surface area contributed by atoms with Gasteiger partial charge in [-0.15, -0.1) is 0 Å². The van der Waals surface area contributed by atoms with Crippen LogP contribution in [0.15, 0.2) is 72.8 Å². The fourth-order valence-corrected chi connectivity index (χ4v) is 3.73. The maximum absolute atomic E-state index is 12.8. The molecule has 0 aliphatic heterocycles. The van der Waals surface area contributed by atoms with Crippen LogP contribution >= 0.6 is 0 Å². The van der Waals surface area contributed by atoms with E-state index in [0.717, 1.165) is 16.7 Å². The molecule has 188 valence electrons. The lowest BCUT2D eigenvalue weighted by molar-refractivity contribution is -0.0381. The van der Waals surface area contributed by atoms with Crippen molar-refractivity contribution in [1.29, 1.82) is 0 Å². The molecule has 0 unspecified atom stereocenters. The van der Waals surface area contributed by atoms with Crippen LogP contribution < -0.4 is 0 Å². The van der Waals surface area contributed by atoms with Gasteiger partial charge in [-0.2, -0.15) is 0 Å². The third-order valence-electron chi connectivity index (χ3n) is 6.37. The normalized spacial score (nSPS) is 11.0. The van der Waals surface area contributed by atoms with Crippen LogP contribution in [0.5, 0.6) is 0 Å². The summed E-state index contributed by atoms with van der Waals surface area (Å²) in [5.74, 6) is -1.45. The second-order valence-corrected chi connectivity index (χ2v) is 9.03. The average Bonchev–Trinajstić information content (AvgIpc) is 2.89. The summed E-state index contributed by atoms with van der Waals surface area (Å²) in [7, 11) is 0. The molecule has 6 nitrogen and oxygen atoms in total. The first-order valence-corrected chi connectivity index (χ1v) is 11.9. The Morgan fingerprint density at radius 1 is 0.556 bits per heavy atom. The molecule has 0 spiro atoms. The van der Waals surface area contributed by atoms with E-state index in [4.69, 9.17) is 14.2 Å². The van der Waals surface area contributed by atoms with Gasteiger partial charge in [0.25, 0.3) is 0 Å². The second kappa shape index (κ2) is 12.2. The first-order valence-electron chi connectivity index (χ1n) is 11.9. The van der Waals surface area contributed by atoms with Crippen LogP contribution in [0.25, 0.3) is 0 Å². The SMILES string of the molecule is CCC(COC(=O)c1ccccc1C)(COC(=O)c1ccccc1C)COC(=O)c1ccccc1C. The molecule has 0 aliphatic carbocycles. The molecule has 36 heavy (non-hydrogen) atoms. The highest BCUT2D eigenvalue weighted by molar-refractivity contribution is 5.92. The maximum Gasteiger partial charge on any atom is 0.338 e. The Morgan fingerprint density at radius 2 is 0.833 bits per heavy atom. The largest absolute Gasteiger partial charge is 0.461 e. The minimum atomic E-state index is -0.922. The van der Waals surface area contributed by atoms with Gasteiger partial charge in [0.15, 0.2) is 0 Å². The predicted octanol–water partition coefficient (Wildman–Crippen LogP) is 5.88. The van der Waals surface area contributed by atoms with Crippen LogP contribution in [-0.2, 0) is 14.2 Å². The zero-order valence-electron chi connectivity index (χ0n) is 21.2. The molecule has 0 fully saturated rings. The van der Waals surface area contributed by atoms with Crippen molar-refractivity contribution in [3.8, 4) is 0 Å². The quantitative estimate of drug-likeness (QED) is 0.262. The van der Waals surface area contributed by atoms with E-state index < -0.39 is 23.3 Å². The molecule has 0 atom stereocenters. The fraction of sp³-hybridized carbons (Fsp3) is 0.300. The van der Waals surface area contributed by atoms with E-state index in [-0.39, 0.29) is 19.8 Å². The van der Waals surface area contributed by atoms with Crippen molar-refractivity contribution in [2.45, 2.75) is 34.1 Å². The number of benzene rings is 3. The molecule has 0 heterocycles. The number of hydrogen-bond donors (Lipinski definition) is 0. The van der Waals surface area contributed by atoms with Gasteiger partial charge in [-0.25, -0.2) is 14.4 Å². The first-order chi connectivity index (χ1) is 17.3. The fourth-order valence-electron chi connectivity index (χ4n) is 3.73. The number of aryl methyl sites for hydroxylation is 3. The number of carbonyl (C=O) groups is 3. The zero-order valence-corrected chi connectivity index (χ0v) is 21.2. The summed E-state index contributed by atoms with van der Waals surface area (Å²) < 4.78 is 17.0. The third kappa shape index (κ3) is 6.60. The van der Waals surface area contributed by atoms with Gasteiger partial charge in [0.2, 0.25) is 0 Å². The zero-order chi connectivity index (χ0) is 26.1. The lowest BCUT2D eigenvalue weighted by Gasteiger charge is -2.31. The Morgan fingerprint density at radius 3 is 1.08 bits per heavy atom. The Kier molecular flexibility index (Phi) is 9.01. The molecular formula is C30H32O6. The Labute approximate surface area is 212 Å². The smallest absolute Gasteiger partial charge is 0.338 e. The summed E-state index contributed by atoms with van der Waals surface area (Å²) >= 11 is 0. The average molecular weight is 489 g/mol. The van der Waals surface area contributed by atoms with Crippen molar-refractivity contribution in [2.75, 3.05) is 19.8 Å². The molecule has 0 saturated carbocycles. The molecule has 0 amide bonds. The molecular weight excluding hydrogens is 456 g/mol.